The molecule has 0 aliphatic carbocycles. The van der Waals surface area contributed by atoms with Crippen LogP contribution in [0.25, 0.3) is 22.0 Å². The number of carbonyl (C=O) groups is 1. The van der Waals surface area contributed by atoms with Crippen LogP contribution in [0.5, 0.6) is 0 Å². The maximum Gasteiger partial charge on any atom is 0.224 e. The van der Waals surface area contributed by atoms with Gasteiger partial charge in [-0.05, 0) is 45.8 Å². The van der Waals surface area contributed by atoms with E-state index in [-0.39, 0.29) is 12.5 Å². The van der Waals surface area contributed by atoms with Crippen molar-refractivity contribution in [3.63, 3.8) is 0 Å². The molecular formula is C25H24N2O2. The SMILES string of the molecule is Cn1ccc2cc(C(O)CNC(=O)Cc3ccc(-c4ccccc4)cc3)ccc21. The molecule has 0 fully saturated rings. The molecule has 4 nitrogen and oxygen atoms in total. The number of aryl methyl sites for hydroxylation is 1. The molecule has 2 N–H and O–H groups in total. The zero-order chi connectivity index (χ0) is 20.2. The molecule has 29 heavy (non-hydrogen) atoms. The fourth-order valence-electron chi connectivity index (χ4n) is 3.53. The molecule has 0 spiro atoms. The second-order valence-electron chi connectivity index (χ2n) is 7.30. The lowest BCUT2D eigenvalue weighted by Crippen LogP contribution is -2.29. The summed E-state index contributed by atoms with van der Waals surface area (Å²) in [7, 11) is 1.99. The van der Waals surface area contributed by atoms with Crippen molar-refractivity contribution in [3.05, 3.63) is 96.2 Å². The monoisotopic (exact) mass is 384 g/mol. The molecule has 1 amide bonds. The summed E-state index contributed by atoms with van der Waals surface area (Å²) in [5.74, 6) is -0.0997. The predicted molar refractivity (Wildman–Crippen MR) is 116 cm³/mol. The van der Waals surface area contributed by atoms with E-state index in [2.05, 4.69) is 17.4 Å². The Bertz CT molecular complexity index is 1110. The molecule has 1 aromatic heterocycles. The Balaban J connectivity index is 1.33. The summed E-state index contributed by atoms with van der Waals surface area (Å²) in [6.45, 7) is 0.194. The number of rotatable bonds is 6. The first-order valence-electron chi connectivity index (χ1n) is 9.74. The summed E-state index contributed by atoms with van der Waals surface area (Å²) in [6.07, 6.45) is 1.55. The van der Waals surface area contributed by atoms with Crippen LogP contribution < -0.4 is 5.32 Å². The maximum absolute atomic E-state index is 12.3. The Morgan fingerprint density at radius 3 is 2.45 bits per heavy atom. The zero-order valence-corrected chi connectivity index (χ0v) is 16.4. The third kappa shape index (κ3) is 4.39. The van der Waals surface area contributed by atoms with E-state index >= 15 is 0 Å². The first kappa shape index (κ1) is 19.0. The molecule has 3 aromatic carbocycles. The van der Waals surface area contributed by atoms with Crippen molar-refractivity contribution in [2.75, 3.05) is 6.54 Å². The molecule has 0 aliphatic heterocycles. The summed E-state index contributed by atoms with van der Waals surface area (Å²) >= 11 is 0. The number of amides is 1. The highest BCUT2D eigenvalue weighted by Crippen LogP contribution is 2.21. The second kappa shape index (κ2) is 8.33. The molecule has 1 heterocycles. The number of aromatic nitrogens is 1. The van der Waals surface area contributed by atoms with Gasteiger partial charge in [-0.15, -0.1) is 0 Å². The van der Waals surface area contributed by atoms with Gasteiger partial charge in [-0.2, -0.15) is 0 Å². The van der Waals surface area contributed by atoms with Gasteiger partial charge in [0, 0.05) is 25.3 Å². The molecule has 4 aromatic rings. The van der Waals surface area contributed by atoms with E-state index in [0.717, 1.165) is 33.2 Å². The number of carbonyl (C=O) groups excluding carboxylic acids is 1. The largest absolute Gasteiger partial charge is 0.387 e. The fraction of sp³-hybridized carbons (Fsp3) is 0.160. The lowest BCUT2D eigenvalue weighted by atomic mass is 10.0. The minimum Gasteiger partial charge on any atom is -0.387 e. The van der Waals surface area contributed by atoms with Crippen LogP contribution >= 0.6 is 0 Å². The van der Waals surface area contributed by atoms with Crippen LogP contribution in [-0.4, -0.2) is 22.1 Å². The topological polar surface area (TPSA) is 54.3 Å². The fourth-order valence-corrected chi connectivity index (χ4v) is 3.53. The van der Waals surface area contributed by atoms with Gasteiger partial charge in [0.1, 0.15) is 0 Å². The molecule has 1 atom stereocenters. The van der Waals surface area contributed by atoms with Crippen LogP contribution in [0.4, 0.5) is 0 Å². The molecule has 0 bridgehead atoms. The number of fused-ring (bicyclic) bond motifs is 1. The van der Waals surface area contributed by atoms with E-state index in [4.69, 9.17) is 0 Å². The number of benzene rings is 3. The van der Waals surface area contributed by atoms with E-state index < -0.39 is 6.10 Å². The van der Waals surface area contributed by atoms with Crippen molar-refractivity contribution < 1.29 is 9.90 Å². The molecule has 0 saturated carbocycles. The lowest BCUT2D eigenvalue weighted by Gasteiger charge is -2.13. The van der Waals surface area contributed by atoms with Crippen LogP contribution in [0.3, 0.4) is 0 Å². The molecule has 146 valence electrons. The van der Waals surface area contributed by atoms with Gasteiger partial charge in [-0.1, -0.05) is 60.7 Å². The van der Waals surface area contributed by atoms with Gasteiger partial charge in [0.05, 0.1) is 12.5 Å². The highest BCUT2D eigenvalue weighted by molar-refractivity contribution is 5.81. The van der Waals surface area contributed by atoms with E-state index in [9.17, 15) is 9.90 Å². The Morgan fingerprint density at radius 1 is 0.966 bits per heavy atom. The van der Waals surface area contributed by atoms with Crippen molar-refractivity contribution in [1.82, 2.24) is 9.88 Å². The quantitative estimate of drug-likeness (QED) is 0.522. The highest BCUT2D eigenvalue weighted by Gasteiger charge is 2.11. The van der Waals surface area contributed by atoms with E-state index in [1.807, 2.05) is 84.5 Å². The molecule has 0 radical (unpaired) electrons. The third-order valence-corrected chi connectivity index (χ3v) is 5.21. The van der Waals surface area contributed by atoms with E-state index in [0.29, 0.717) is 6.42 Å². The van der Waals surface area contributed by atoms with Gasteiger partial charge in [0.2, 0.25) is 5.91 Å². The van der Waals surface area contributed by atoms with Crippen LogP contribution in [0.15, 0.2) is 85.1 Å². The van der Waals surface area contributed by atoms with Gasteiger partial charge in [-0.25, -0.2) is 0 Å². The minimum absolute atomic E-state index is 0.0997. The number of hydrogen-bond donors (Lipinski definition) is 2. The number of nitrogens with one attached hydrogen (secondary N) is 1. The molecule has 4 rings (SSSR count). The summed E-state index contributed by atoms with van der Waals surface area (Å²) in [4.78, 5) is 12.3. The zero-order valence-electron chi connectivity index (χ0n) is 16.4. The number of nitrogens with zero attached hydrogens (tertiary/aromatic N) is 1. The average Bonchev–Trinajstić information content (AvgIpc) is 3.13. The van der Waals surface area contributed by atoms with Crippen molar-refractivity contribution in [3.8, 4) is 11.1 Å². The molecule has 4 heteroatoms. The van der Waals surface area contributed by atoms with E-state index in [1.165, 1.54) is 0 Å². The summed E-state index contributed by atoms with van der Waals surface area (Å²) < 4.78 is 2.04. The maximum atomic E-state index is 12.3. The number of aliphatic hydroxyl groups is 1. The summed E-state index contributed by atoms with van der Waals surface area (Å²) in [5, 5.41) is 14.4. The first-order valence-corrected chi connectivity index (χ1v) is 9.74. The van der Waals surface area contributed by atoms with Crippen molar-refractivity contribution >= 4 is 16.8 Å². The lowest BCUT2D eigenvalue weighted by molar-refractivity contribution is -0.120. The molecule has 0 saturated heterocycles. The molecular weight excluding hydrogens is 360 g/mol. The van der Waals surface area contributed by atoms with Crippen LogP contribution in [0.1, 0.15) is 17.2 Å². The summed E-state index contributed by atoms with van der Waals surface area (Å²) in [6, 6.07) is 26.0. The van der Waals surface area contributed by atoms with Gasteiger partial charge >= 0.3 is 0 Å². The first-order chi connectivity index (χ1) is 14.1. The normalized spacial score (nSPS) is 12.1. The van der Waals surface area contributed by atoms with Crippen molar-refractivity contribution in [2.45, 2.75) is 12.5 Å². The standard InChI is InChI=1S/C25H24N2O2/c1-27-14-13-21-16-22(11-12-23(21)27)24(28)17-26-25(29)15-18-7-9-20(10-8-18)19-5-3-2-4-6-19/h2-14,16,24,28H,15,17H2,1H3,(H,26,29). The number of hydrogen-bond acceptors (Lipinski definition) is 2. The smallest absolute Gasteiger partial charge is 0.224 e. The molecule has 0 aliphatic rings. The van der Waals surface area contributed by atoms with Crippen molar-refractivity contribution in [2.24, 2.45) is 7.05 Å². The predicted octanol–water partition coefficient (Wildman–Crippen LogP) is 4.24. The second-order valence-corrected chi connectivity index (χ2v) is 7.30. The van der Waals surface area contributed by atoms with Gasteiger partial charge in [0.15, 0.2) is 0 Å². The van der Waals surface area contributed by atoms with Gasteiger partial charge in [0.25, 0.3) is 0 Å². The van der Waals surface area contributed by atoms with Gasteiger partial charge in [-0.3, -0.25) is 4.79 Å². The minimum atomic E-state index is -0.732. The average molecular weight is 384 g/mol. The Hall–Kier alpha value is -3.37. The Morgan fingerprint density at radius 2 is 1.69 bits per heavy atom. The third-order valence-electron chi connectivity index (χ3n) is 5.21. The van der Waals surface area contributed by atoms with Crippen molar-refractivity contribution in [1.29, 1.82) is 0 Å². The van der Waals surface area contributed by atoms with Crippen LogP contribution in [0.2, 0.25) is 0 Å². The molecule has 1 unspecified atom stereocenters. The Kier molecular flexibility index (Phi) is 5.45. The number of aliphatic hydroxyl groups excluding tert-OH is 1. The van der Waals surface area contributed by atoms with Crippen LogP contribution in [0, 0.1) is 0 Å². The Labute approximate surface area is 170 Å². The van der Waals surface area contributed by atoms with E-state index in [1.54, 1.807) is 0 Å². The highest BCUT2D eigenvalue weighted by atomic mass is 16.3. The van der Waals surface area contributed by atoms with Crippen LogP contribution in [-0.2, 0) is 18.3 Å². The summed E-state index contributed by atoms with van der Waals surface area (Å²) in [5.41, 5.74) is 5.14. The van der Waals surface area contributed by atoms with Gasteiger partial charge < -0.3 is 15.0 Å².